The molecule has 0 unspecified atom stereocenters. The van der Waals surface area contributed by atoms with Crippen molar-refractivity contribution in [2.75, 3.05) is 12.3 Å². The van der Waals surface area contributed by atoms with Gasteiger partial charge in [0.1, 0.15) is 0 Å². The quantitative estimate of drug-likeness (QED) is 0.629. The number of likely N-dealkylation sites (N-methyl/N-ethyl adjacent to an activating group) is 1. The van der Waals surface area contributed by atoms with Crippen LogP contribution in [0.3, 0.4) is 0 Å². The number of aromatic nitrogens is 1. The van der Waals surface area contributed by atoms with Crippen molar-refractivity contribution in [3.63, 3.8) is 0 Å². The van der Waals surface area contributed by atoms with Gasteiger partial charge in [0.25, 0.3) is 0 Å². The molecular weight excluding hydrogens is 304 g/mol. The zero-order chi connectivity index (χ0) is 15.1. The van der Waals surface area contributed by atoms with Gasteiger partial charge < -0.3 is 5.32 Å². The number of thioether (sulfide) groups is 1. The number of hydrogen-bond donors (Lipinski definition) is 1. The van der Waals surface area contributed by atoms with Gasteiger partial charge in [0.15, 0.2) is 10.1 Å². The number of rotatable bonds is 7. The zero-order valence-corrected chi connectivity index (χ0v) is 13.3. The Morgan fingerprint density at radius 1 is 1.29 bits per heavy atom. The van der Waals surface area contributed by atoms with E-state index in [2.05, 4.69) is 10.3 Å². The summed E-state index contributed by atoms with van der Waals surface area (Å²) in [5.41, 5.74) is 1.46. The van der Waals surface area contributed by atoms with Crippen LogP contribution in [-0.2, 0) is 11.2 Å². The van der Waals surface area contributed by atoms with E-state index in [1.54, 1.807) is 0 Å². The van der Waals surface area contributed by atoms with Crippen LogP contribution < -0.4 is 5.32 Å². The lowest BCUT2D eigenvalue weighted by atomic mass is 10.2. The van der Waals surface area contributed by atoms with E-state index in [9.17, 15) is 9.59 Å². The fourth-order valence-corrected chi connectivity index (χ4v) is 3.43. The maximum atomic E-state index is 12.0. The highest BCUT2D eigenvalue weighted by molar-refractivity contribution is 8.01. The van der Waals surface area contributed by atoms with Gasteiger partial charge in [0, 0.05) is 17.5 Å². The van der Waals surface area contributed by atoms with Crippen molar-refractivity contribution in [2.45, 2.75) is 17.7 Å². The van der Waals surface area contributed by atoms with Crippen LogP contribution in [0.25, 0.3) is 0 Å². The van der Waals surface area contributed by atoms with Crippen molar-refractivity contribution in [1.29, 1.82) is 0 Å². The minimum absolute atomic E-state index is 0.0280. The molecule has 0 fully saturated rings. The molecule has 1 amide bonds. The van der Waals surface area contributed by atoms with Crippen molar-refractivity contribution >= 4 is 34.8 Å². The third-order valence-electron chi connectivity index (χ3n) is 2.67. The van der Waals surface area contributed by atoms with Crippen LogP contribution in [0.4, 0.5) is 0 Å². The summed E-state index contributed by atoms with van der Waals surface area (Å²) in [5, 5.41) is 4.61. The second kappa shape index (κ2) is 7.95. The Kier molecular flexibility index (Phi) is 5.95. The van der Waals surface area contributed by atoms with Gasteiger partial charge in [0.2, 0.25) is 5.91 Å². The molecule has 1 heterocycles. The van der Waals surface area contributed by atoms with Crippen molar-refractivity contribution in [2.24, 2.45) is 0 Å². The Morgan fingerprint density at radius 3 is 2.76 bits per heavy atom. The van der Waals surface area contributed by atoms with E-state index in [1.807, 2.05) is 42.6 Å². The summed E-state index contributed by atoms with van der Waals surface area (Å²) < 4.78 is 0.818. The first-order chi connectivity index (χ1) is 10.2. The van der Waals surface area contributed by atoms with E-state index >= 15 is 0 Å². The van der Waals surface area contributed by atoms with Gasteiger partial charge in [0.05, 0.1) is 17.9 Å². The molecule has 0 spiro atoms. The topological polar surface area (TPSA) is 59.1 Å². The molecular formula is C15H16N2O2S2. The molecule has 0 radical (unpaired) electrons. The number of benzene rings is 1. The van der Waals surface area contributed by atoms with Crippen molar-refractivity contribution in [3.05, 3.63) is 47.0 Å². The second-order valence-electron chi connectivity index (χ2n) is 4.31. The van der Waals surface area contributed by atoms with Crippen LogP contribution in [0.2, 0.25) is 0 Å². The second-order valence-corrected chi connectivity index (χ2v) is 6.39. The van der Waals surface area contributed by atoms with Gasteiger partial charge in [-0.1, -0.05) is 42.1 Å². The van der Waals surface area contributed by atoms with Crippen molar-refractivity contribution in [3.8, 4) is 0 Å². The Hall–Kier alpha value is -1.66. The van der Waals surface area contributed by atoms with Crippen LogP contribution in [-0.4, -0.2) is 29.0 Å². The summed E-state index contributed by atoms with van der Waals surface area (Å²) in [6.07, 6.45) is 0.289. The van der Waals surface area contributed by atoms with Crippen LogP contribution in [0.15, 0.2) is 40.1 Å². The smallest absolute Gasteiger partial charge is 0.226 e. The van der Waals surface area contributed by atoms with E-state index in [1.165, 1.54) is 23.1 Å². The van der Waals surface area contributed by atoms with E-state index in [-0.39, 0.29) is 18.1 Å². The number of Topliss-reactive ketones (excluding diaryl/α,β-unsaturated/α-hetero) is 1. The first kappa shape index (κ1) is 15.7. The molecule has 1 aromatic carbocycles. The average molecular weight is 320 g/mol. The largest absolute Gasteiger partial charge is 0.356 e. The summed E-state index contributed by atoms with van der Waals surface area (Å²) >= 11 is 2.88. The molecule has 0 saturated heterocycles. The van der Waals surface area contributed by atoms with E-state index in [4.69, 9.17) is 0 Å². The lowest BCUT2D eigenvalue weighted by molar-refractivity contribution is -0.120. The van der Waals surface area contributed by atoms with Gasteiger partial charge in [-0.2, -0.15) is 0 Å². The Morgan fingerprint density at radius 2 is 2.05 bits per heavy atom. The third-order valence-corrected chi connectivity index (χ3v) is 4.74. The minimum atomic E-state index is -0.0280. The molecule has 1 aromatic heterocycles. The molecule has 4 nitrogen and oxygen atoms in total. The SMILES string of the molecule is CCNC(=O)Cc1csc(SCC(=O)c2ccccc2)n1. The van der Waals surface area contributed by atoms with Gasteiger partial charge in [-0.3, -0.25) is 9.59 Å². The van der Waals surface area contributed by atoms with Gasteiger partial charge in [-0.25, -0.2) is 4.98 Å². The number of carbonyl (C=O) groups is 2. The highest BCUT2D eigenvalue weighted by atomic mass is 32.2. The van der Waals surface area contributed by atoms with Crippen molar-refractivity contribution in [1.82, 2.24) is 10.3 Å². The molecule has 6 heteroatoms. The van der Waals surface area contributed by atoms with Gasteiger partial charge in [-0.15, -0.1) is 11.3 Å². The number of hydrogen-bond acceptors (Lipinski definition) is 5. The summed E-state index contributed by atoms with van der Waals surface area (Å²) in [6.45, 7) is 2.51. The van der Waals surface area contributed by atoms with Crippen LogP contribution in [0, 0.1) is 0 Å². The van der Waals surface area contributed by atoms with Gasteiger partial charge >= 0.3 is 0 Å². The highest BCUT2D eigenvalue weighted by Crippen LogP contribution is 2.23. The number of nitrogens with zero attached hydrogens (tertiary/aromatic N) is 1. The van der Waals surface area contributed by atoms with Crippen LogP contribution >= 0.6 is 23.1 Å². The van der Waals surface area contributed by atoms with E-state index < -0.39 is 0 Å². The molecule has 1 N–H and O–H groups in total. The molecule has 110 valence electrons. The third kappa shape index (κ3) is 4.99. The number of amides is 1. The monoisotopic (exact) mass is 320 g/mol. The maximum absolute atomic E-state index is 12.0. The average Bonchev–Trinajstić information content (AvgIpc) is 2.93. The van der Waals surface area contributed by atoms with Gasteiger partial charge in [-0.05, 0) is 6.92 Å². The van der Waals surface area contributed by atoms with Crippen LogP contribution in [0.1, 0.15) is 23.0 Å². The Balaban J connectivity index is 1.85. The molecule has 21 heavy (non-hydrogen) atoms. The number of carbonyl (C=O) groups excluding carboxylic acids is 2. The fourth-order valence-electron chi connectivity index (χ4n) is 1.69. The zero-order valence-electron chi connectivity index (χ0n) is 11.7. The molecule has 0 saturated carbocycles. The first-order valence-electron chi connectivity index (χ1n) is 6.61. The molecule has 2 aromatic rings. The predicted molar refractivity (Wildman–Crippen MR) is 86.0 cm³/mol. The summed E-state index contributed by atoms with van der Waals surface area (Å²) in [6, 6.07) is 9.21. The van der Waals surface area contributed by atoms with Crippen molar-refractivity contribution < 1.29 is 9.59 Å². The molecule has 0 bridgehead atoms. The van der Waals surface area contributed by atoms with Crippen LogP contribution in [0.5, 0.6) is 0 Å². The standard InChI is InChI=1S/C15H16N2O2S2/c1-2-16-14(19)8-12-9-20-15(17-12)21-10-13(18)11-6-4-3-5-7-11/h3-7,9H,2,8,10H2,1H3,(H,16,19). The molecule has 0 aliphatic heterocycles. The van der Waals surface area contributed by atoms with E-state index in [0.29, 0.717) is 17.9 Å². The first-order valence-corrected chi connectivity index (χ1v) is 8.47. The lowest BCUT2D eigenvalue weighted by Crippen LogP contribution is -2.24. The number of ketones is 1. The lowest BCUT2D eigenvalue weighted by Gasteiger charge is -1.99. The summed E-state index contributed by atoms with van der Waals surface area (Å²) in [5.74, 6) is 0.416. The predicted octanol–water partition coefficient (Wildman–Crippen LogP) is 2.80. The fraction of sp³-hybridized carbons (Fsp3) is 0.267. The Labute approximate surface area is 132 Å². The summed E-state index contributed by atoms with van der Waals surface area (Å²) in [7, 11) is 0. The number of thiazole rings is 1. The van der Waals surface area contributed by atoms with E-state index in [0.717, 1.165) is 10.0 Å². The number of nitrogens with one attached hydrogen (secondary N) is 1. The summed E-state index contributed by atoms with van der Waals surface area (Å²) in [4.78, 5) is 27.8. The molecule has 0 aliphatic carbocycles. The molecule has 0 aliphatic rings. The Bertz CT molecular complexity index is 611. The normalized spacial score (nSPS) is 10.3. The molecule has 2 rings (SSSR count). The highest BCUT2D eigenvalue weighted by Gasteiger charge is 2.10. The minimum Gasteiger partial charge on any atom is -0.356 e. The maximum Gasteiger partial charge on any atom is 0.226 e. The molecule has 0 atom stereocenters.